The van der Waals surface area contributed by atoms with Crippen LogP contribution in [-0.2, 0) is 6.42 Å². The standard InChI is InChI=1S/C16H17N3/c17-9-12-4-2-6-14-15(12)18-10-13-5-1-3-11-7-8-19(14)16(11)13/h2,5-8,10,12H,1,3-4,9,17H2. The summed E-state index contributed by atoms with van der Waals surface area (Å²) in [6, 6.07) is 2.24. The van der Waals surface area contributed by atoms with Gasteiger partial charge in [-0.3, -0.25) is 4.99 Å². The van der Waals surface area contributed by atoms with Crippen molar-refractivity contribution in [1.29, 1.82) is 0 Å². The van der Waals surface area contributed by atoms with Gasteiger partial charge in [0.2, 0.25) is 0 Å². The van der Waals surface area contributed by atoms with E-state index < -0.39 is 0 Å². The van der Waals surface area contributed by atoms with E-state index in [-0.39, 0.29) is 0 Å². The minimum Gasteiger partial charge on any atom is -0.330 e. The molecule has 0 amide bonds. The van der Waals surface area contributed by atoms with Gasteiger partial charge < -0.3 is 10.3 Å². The largest absolute Gasteiger partial charge is 0.330 e. The van der Waals surface area contributed by atoms with Crippen LogP contribution in [0.4, 0.5) is 0 Å². The highest BCUT2D eigenvalue weighted by molar-refractivity contribution is 6.12. The predicted molar refractivity (Wildman–Crippen MR) is 78.7 cm³/mol. The lowest BCUT2D eigenvalue weighted by Gasteiger charge is -2.21. The smallest absolute Gasteiger partial charge is 0.0690 e. The third-order valence-corrected chi connectivity index (χ3v) is 4.25. The maximum absolute atomic E-state index is 5.90. The highest BCUT2D eigenvalue weighted by Crippen LogP contribution is 2.36. The summed E-state index contributed by atoms with van der Waals surface area (Å²) < 4.78 is 2.29. The molecule has 2 heterocycles. The lowest BCUT2D eigenvalue weighted by molar-refractivity contribution is 0.621. The molecule has 3 nitrogen and oxygen atoms in total. The average molecular weight is 251 g/mol. The number of aromatic nitrogens is 1. The van der Waals surface area contributed by atoms with E-state index in [0.717, 1.165) is 25.0 Å². The fraction of sp³-hybridized carbons (Fsp3) is 0.312. The van der Waals surface area contributed by atoms with Crippen LogP contribution in [0, 0.1) is 5.92 Å². The van der Waals surface area contributed by atoms with Gasteiger partial charge in [-0.15, -0.1) is 0 Å². The molecular formula is C16H17N3. The van der Waals surface area contributed by atoms with Gasteiger partial charge in [0.05, 0.1) is 17.1 Å². The van der Waals surface area contributed by atoms with Crippen LogP contribution in [0.5, 0.6) is 0 Å². The summed E-state index contributed by atoms with van der Waals surface area (Å²) in [6.45, 7) is 0.656. The molecule has 1 atom stereocenters. The minimum absolute atomic E-state index is 0.343. The van der Waals surface area contributed by atoms with Crippen molar-refractivity contribution in [1.82, 2.24) is 4.57 Å². The van der Waals surface area contributed by atoms with Gasteiger partial charge >= 0.3 is 0 Å². The maximum atomic E-state index is 5.90. The number of aryl methyl sites for hydroxylation is 1. The van der Waals surface area contributed by atoms with Crippen molar-refractivity contribution in [3.63, 3.8) is 0 Å². The molecule has 0 saturated heterocycles. The molecule has 3 aliphatic rings. The van der Waals surface area contributed by atoms with Gasteiger partial charge in [-0.05, 0) is 37.0 Å². The van der Waals surface area contributed by atoms with Crippen LogP contribution in [-0.4, -0.2) is 17.3 Å². The van der Waals surface area contributed by atoms with Crippen LogP contribution in [0.3, 0.4) is 0 Å². The summed E-state index contributed by atoms with van der Waals surface area (Å²) in [5, 5.41) is 0. The molecule has 1 aliphatic heterocycles. The second-order valence-electron chi connectivity index (χ2n) is 5.36. The van der Waals surface area contributed by atoms with Gasteiger partial charge in [0.1, 0.15) is 0 Å². The van der Waals surface area contributed by atoms with Crippen molar-refractivity contribution in [3.05, 3.63) is 47.4 Å². The Hall–Kier alpha value is -1.87. The van der Waals surface area contributed by atoms with E-state index in [1.165, 1.54) is 22.5 Å². The van der Waals surface area contributed by atoms with Crippen LogP contribution in [0.2, 0.25) is 0 Å². The molecule has 96 valence electrons. The van der Waals surface area contributed by atoms with E-state index >= 15 is 0 Å². The van der Waals surface area contributed by atoms with Gasteiger partial charge in [-0.25, -0.2) is 0 Å². The molecular weight excluding hydrogens is 234 g/mol. The number of fused-ring (bicyclic) bond motifs is 1. The van der Waals surface area contributed by atoms with E-state index in [0.29, 0.717) is 12.5 Å². The van der Waals surface area contributed by atoms with E-state index in [4.69, 9.17) is 10.7 Å². The molecule has 1 aromatic heterocycles. The predicted octanol–water partition coefficient (Wildman–Crippen LogP) is 2.61. The van der Waals surface area contributed by atoms with Crippen LogP contribution in [0.1, 0.15) is 24.1 Å². The topological polar surface area (TPSA) is 43.3 Å². The van der Waals surface area contributed by atoms with Crippen molar-refractivity contribution < 1.29 is 0 Å². The Bertz CT molecular complexity index is 656. The molecule has 3 heteroatoms. The third kappa shape index (κ3) is 1.51. The van der Waals surface area contributed by atoms with Gasteiger partial charge in [0.15, 0.2) is 0 Å². The Morgan fingerprint density at radius 3 is 3.26 bits per heavy atom. The first-order valence-corrected chi connectivity index (χ1v) is 6.94. The second-order valence-corrected chi connectivity index (χ2v) is 5.36. The number of allylic oxidation sites excluding steroid dienone is 5. The normalized spacial score (nSPS) is 23.8. The molecule has 0 radical (unpaired) electrons. The lowest BCUT2D eigenvalue weighted by atomic mass is 9.95. The van der Waals surface area contributed by atoms with E-state index in [1.807, 2.05) is 6.21 Å². The van der Waals surface area contributed by atoms with E-state index in [2.05, 4.69) is 35.1 Å². The first kappa shape index (κ1) is 11.0. The molecule has 1 aromatic rings. The fourth-order valence-corrected chi connectivity index (χ4v) is 3.27. The van der Waals surface area contributed by atoms with Gasteiger partial charge in [0.25, 0.3) is 0 Å². The quantitative estimate of drug-likeness (QED) is 0.819. The third-order valence-electron chi connectivity index (χ3n) is 4.25. The van der Waals surface area contributed by atoms with Gasteiger partial charge in [0, 0.05) is 30.4 Å². The molecule has 2 N–H and O–H groups in total. The molecule has 19 heavy (non-hydrogen) atoms. The molecule has 0 saturated carbocycles. The zero-order valence-corrected chi connectivity index (χ0v) is 10.8. The number of aliphatic imine (C=N–C) groups is 1. The molecule has 1 unspecified atom stereocenters. The minimum atomic E-state index is 0.343. The summed E-state index contributed by atoms with van der Waals surface area (Å²) in [5.41, 5.74) is 12.2. The Morgan fingerprint density at radius 2 is 2.37 bits per heavy atom. The Labute approximate surface area is 112 Å². The number of hydrogen-bond donors (Lipinski definition) is 1. The van der Waals surface area contributed by atoms with Crippen LogP contribution >= 0.6 is 0 Å². The number of rotatable bonds is 1. The summed E-state index contributed by atoms with van der Waals surface area (Å²) in [5.74, 6) is 0.343. The molecule has 0 spiro atoms. The molecule has 2 aliphatic carbocycles. The Balaban J connectivity index is 1.98. The van der Waals surface area contributed by atoms with Crippen molar-refractivity contribution in [2.24, 2.45) is 16.6 Å². The van der Waals surface area contributed by atoms with Crippen LogP contribution in [0.25, 0.3) is 11.3 Å². The Morgan fingerprint density at radius 1 is 1.42 bits per heavy atom. The van der Waals surface area contributed by atoms with Gasteiger partial charge in [-0.1, -0.05) is 12.2 Å². The van der Waals surface area contributed by atoms with Gasteiger partial charge in [-0.2, -0.15) is 0 Å². The maximum Gasteiger partial charge on any atom is 0.0690 e. The molecule has 0 fully saturated rings. The van der Waals surface area contributed by atoms with E-state index in [1.54, 1.807) is 0 Å². The zero-order valence-electron chi connectivity index (χ0n) is 10.8. The second kappa shape index (κ2) is 4.07. The molecule has 4 rings (SSSR count). The summed E-state index contributed by atoms with van der Waals surface area (Å²) in [7, 11) is 0. The zero-order chi connectivity index (χ0) is 12.8. The number of hydrogen-bond acceptors (Lipinski definition) is 2. The van der Waals surface area contributed by atoms with Crippen molar-refractivity contribution in [2.45, 2.75) is 19.3 Å². The monoisotopic (exact) mass is 251 g/mol. The highest BCUT2D eigenvalue weighted by atomic mass is 15.0. The van der Waals surface area contributed by atoms with Crippen LogP contribution in [0.15, 0.2) is 41.2 Å². The first-order chi connectivity index (χ1) is 9.38. The molecule has 0 aromatic carbocycles. The lowest BCUT2D eigenvalue weighted by Crippen LogP contribution is -2.19. The first-order valence-electron chi connectivity index (χ1n) is 6.94. The Kier molecular flexibility index (Phi) is 2.35. The van der Waals surface area contributed by atoms with E-state index in [9.17, 15) is 0 Å². The van der Waals surface area contributed by atoms with Crippen LogP contribution < -0.4 is 5.73 Å². The molecule has 0 bridgehead atoms. The van der Waals surface area contributed by atoms with Crippen molar-refractivity contribution >= 4 is 17.5 Å². The van der Waals surface area contributed by atoms with Crippen molar-refractivity contribution in [3.8, 4) is 0 Å². The number of nitrogens with two attached hydrogens (primary N) is 1. The van der Waals surface area contributed by atoms with Crippen molar-refractivity contribution in [2.75, 3.05) is 6.54 Å². The summed E-state index contributed by atoms with van der Waals surface area (Å²) in [4.78, 5) is 4.75. The summed E-state index contributed by atoms with van der Waals surface area (Å²) >= 11 is 0. The SMILES string of the molecule is NCC1CC=CC2=C1N=CC1=CCCc3ccn2c31. The fourth-order valence-electron chi connectivity index (χ4n) is 3.27. The highest BCUT2D eigenvalue weighted by Gasteiger charge is 2.25. The summed E-state index contributed by atoms with van der Waals surface area (Å²) in [6.07, 6.45) is 14.1. The average Bonchev–Trinajstić information content (AvgIpc) is 2.81. The number of nitrogens with zero attached hydrogens (tertiary/aromatic N) is 2.